The van der Waals surface area contributed by atoms with E-state index < -0.39 is 24.9 Å². The second-order valence-electron chi connectivity index (χ2n) is 5.45. The predicted octanol–water partition coefficient (Wildman–Crippen LogP) is 1.34. The van der Waals surface area contributed by atoms with Crippen LogP contribution in [0, 0.1) is 5.41 Å². The fraction of sp³-hybridized carbons (Fsp3) is 0.917. The maximum absolute atomic E-state index is 12.9. The van der Waals surface area contributed by atoms with Crippen LogP contribution >= 0.6 is 12.4 Å². The third-order valence-electron chi connectivity index (χ3n) is 3.86. The lowest BCUT2D eigenvalue weighted by molar-refractivity contribution is -0.123. The molecule has 7 heteroatoms. The van der Waals surface area contributed by atoms with E-state index in [1.54, 1.807) is 7.11 Å². The standard InChI is InChI=1S/C12H20F2N2O2.ClH/c1-18-5-4-11(2-3-11)7-16-10(17)9-6-12(13,14)8-15-9;/h9,15H,2-8H2,1H3,(H,16,17);1H. The van der Waals surface area contributed by atoms with Gasteiger partial charge < -0.3 is 10.1 Å². The summed E-state index contributed by atoms with van der Waals surface area (Å²) in [6.07, 6.45) is 2.66. The molecule has 2 aliphatic rings. The molecule has 1 saturated carbocycles. The summed E-state index contributed by atoms with van der Waals surface area (Å²) < 4.78 is 30.9. The lowest BCUT2D eigenvalue weighted by Crippen LogP contribution is -2.42. The molecule has 0 aromatic carbocycles. The molecular formula is C12H21ClF2N2O2. The van der Waals surface area contributed by atoms with Gasteiger partial charge in [-0.05, 0) is 24.7 Å². The molecule has 0 aromatic heterocycles. The van der Waals surface area contributed by atoms with Gasteiger partial charge in [0, 0.05) is 26.7 Å². The van der Waals surface area contributed by atoms with E-state index in [-0.39, 0.29) is 23.7 Å². The zero-order chi connectivity index (χ0) is 13.2. The van der Waals surface area contributed by atoms with Crippen LogP contribution in [-0.4, -0.2) is 44.7 Å². The van der Waals surface area contributed by atoms with E-state index in [1.807, 2.05) is 0 Å². The number of rotatable bonds is 6. The third-order valence-corrected chi connectivity index (χ3v) is 3.86. The molecule has 2 N–H and O–H groups in total. The average Bonchev–Trinajstić information content (AvgIpc) is 3.01. The Kier molecular flexibility index (Phi) is 5.53. The van der Waals surface area contributed by atoms with Crippen LogP contribution in [0.4, 0.5) is 8.78 Å². The van der Waals surface area contributed by atoms with Gasteiger partial charge >= 0.3 is 0 Å². The Morgan fingerprint density at radius 2 is 2.16 bits per heavy atom. The van der Waals surface area contributed by atoms with Crippen molar-refractivity contribution in [2.24, 2.45) is 5.41 Å². The zero-order valence-electron chi connectivity index (χ0n) is 11.0. The maximum atomic E-state index is 12.9. The minimum atomic E-state index is -2.75. The van der Waals surface area contributed by atoms with E-state index in [0.29, 0.717) is 13.2 Å². The summed E-state index contributed by atoms with van der Waals surface area (Å²) in [5, 5.41) is 5.34. The minimum Gasteiger partial charge on any atom is -0.385 e. The first-order valence-corrected chi connectivity index (χ1v) is 6.34. The number of nitrogens with one attached hydrogen (secondary N) is 2. The van der Waals surface area contributed by atoms with Crippen LogP contribution in [0.25, 0.3) is 0 Å². The average molecular weight is 299 g/mol. The van der Waals surface area contributed by atoms with Gasteiger partial charge in [-0.15, -0.1) is 12.4 Å². The summed E-state index contributed by atoms with van der Waals surface area (Å²) in [6, 6.07) is -0.752. The molecule has 1 amide bonds. The van der Waals surface area contributed by atoms with Crippen LogP contribution in [-0.2, 0) is 9.53 Å². The highest BCUT2D eigenvalue weighted by Gasteiger charge is 2.45. The molecule has 1 atom stereocenters. The summed E-state index contributed by atoms with van der Waals surface area (Å²) in [7, 11) is 1.65. The first kappa shape index (κ1) is 16.6. The van der Waals surface area contributed by atoms with Gasteiger partial charge in [0.25, 0.3) is 5.92 Å². The van der Waals surface area contributed by atoms with Crippen molar-refractivity contribution in [3.8, 4) is 0 Å². The summed E-state index contributed by atoms with van der Waals surface area (Å²) >= 11 is 0. The second-order valence-corrected chi connectivity index (χ2v) is 5.45. The molecule has 0 radical (unpaired) electrons. The number of carbonyl (C=O) groups excluding carboxylic acids is 1. The van der Waals surface area contributed by atoms with Gasteiger partial charge in [-0.3, -0.25) is 10.1 Å². The van der Waals surface area contributed by atoms with E-state index in [9.17, 15) is 13.6 Å². The first-order valence-electron chi connectivity index (χ1n) is 6.34. The Bertz CT molecular complexity index is 325. The van der Waals surface area contributed by atoms with Crippen molar-refractivity contribution < 1.29 is 18.3 Å². The summed E-state index contributed by atoms with van der Waals surface area (Å²) in [6.45, 7) is 0.842. The molecule has 112 valence electrons. The maximum Gasteiger partial charge on any atom is 0.262 e. The monoisotopic (exact) mass is 298 g/mol. The molecule has 2 rings (SSSR count). The van der Waals surface area contributed by atoms with Crippen molar-refractivity contribution in [1.29, 1.82) is 0 Å². The van der Waals surface area contributed by atoms with Crippen molar-refractivity contribution in [1.82, 2.24) is 10.6 Å². The van der Waals surface area contributed by atoms with Crippen molar-refractivity contribution in [2.45, 2.75) is 37.6 Å². The molecule has 0 bridgehead atoms. The van der Waals surface area contributed by atoms with Crippen LogP contribution in [0.15, 0.2) is 0 Å². The Morgan fingerprint density at radius 3 is 2.63 bits per heavy atom. The Labute approximate surface area is 118 Å². The van der Waals surface area contributed by atoms with E-state index >= 15 is 0 Å². The predicted molar refractivity (Wildman–Crippen MR) is 69.8 cm³/mol. The summed E-state index contributed by atoms with van der Waals surface area (Å²) in [5.74, 6) is -3.06. The number of alkyl halides is 2. The van der Waals surface area contributed by atoms with Gasteiger partial charge in [-0.2, -0.15) is 0 Å². The summed E-state index contributed by atoms with van der Waals surface area (Å²) in [5.41, 5.74) is 0.146. The van der Waals surface area contributed by atoms with Crippen LogP contribution in [0.2, 0.25) is 0 Å². The van der Waals surface area contributed by atoms with Gasteiger partial charge in [0.2, 0.25) is 5.91 Å². The SMILES string of the molecule is COCCC1(CNC(=O)C2CC(F)(F)CN2)CC1.Cl. The number of hydrogen-bond donors (Lipinski definition) is 2. The topological polar surface area (TPSA) is 50.4 Å². The van der Waals surface area contributed by atoms with Crippen molar-refractivity contribution >= 4 is 18.3 Å². The van der Waals surface area contributed by atoms with E-state index in [1.165, 1.54) is 0 Å². The van der Waals surface area contributed by atoms with E-state index in [2.05, 4.69) is 10.6 Å². The summed E-state index contributed by atoms with van der Waals surface area (Å²) in [4.78, 5) is 11.7. The van der Waals surface area contributed by atoms with Gasteiger partial charge in [0.15, 0.2) is 0 Å². The first-order chi connectivity index (χ1) is 8.46. The Hall–Kier alpha value is -0.460. The minimum absolute atomic E-state index is 0. The molecule has 1 heterocycles. The van der Waals surface area contributed by atoms with Crippen molar-refractivity contribution in [3.63, 3.8) is 0 Å². The van der Waals surface area contributed by atoms with Gasteiger partial charge in [0.1, 0.15) is 0 Å². The molecule has 0 aromatic rings. The normalized spacial score (nSPS) is 26.6. The second kappa shape index (κ2) is 6.33. The number of hydrogen-bond acceptors (Lipinski definition) is 3. The molecule has 19 heavy (non-hydrogen) atoms. The molecule has 2 fully saturated rings. The number of amides is 1. The quantitative estimate of drug-likeness (QED) is 0.778. The fourth-order valence-corrected chi connectivity index (χ4v) is 2.31. The Morgan fingerprint density at radius 1 is 1.47 bits per heavy atom. The number of carbonyl (C=O) groups is 1. The van der Waals surface area contributed by atoms with Crippen molar-refractivity contribution in [3.05, 3.63) is 0 Å². The zero-order valence-corrected chi connectivity index (χ0v) is 11.8. The van der Waals surface area contributed by atoms with Gasteiger partial charge in [0.05, 0.1) is 12.6 Å². The largest absolute Gasteiger partial charge is 0.385 e. The highest BCUT2D eigenvalue weighted by atomic mass is 35.5. The van der Waals surface area contributed by atoms with Crippen LogP contribution in [0.1, 0.15) is 25.7 Å². The lowest BCUT2D eigenvalue weighted by Gasteiger charge is -2.17. The smallest absolute Gasteiger partial charge is 0.262 e. The molecule has 0 spiro atoms. The molecule has 1 saturated heterocycles. The molecule has 1 aliphatic carbocycles. The molecule has 1 aliphatic heterocycles. The number of halogens is 3. The highest BCUT2D eigenvalue weighted by Crippen LogP contribution is 2.48. The van der Waals surface area contributed by atoms with Gasteiger partial charge in [-0.25, -0.2) is 8.78 Å². The molecular weight excluding hydrogens is 278 g/mol. The van der Waals surface area contributed by atoms with Crippen LogP contribution in [0.5, 0.6) is 0 Å². The van der Waals surface area contributed by atoms with Crippen LogP contribution in [0.3, 0.4) is 0 Å². The fourth-order valence-electron chi connectivity index (χ4n) is 2.31. The van der Waals surface area contributed by atoms with Crippen molar-refractivity contribution in [2.75, 3.05) is 26.8 Å². The number of methoxy groups -OCH3 is 1. The molecule has 1 unspecified atom stereocenters. The Balaban J connectivity index is 0.00000180. The van der Waals surface area contributed by atoms with Crippen LogP contribution < -0.4 is 10.6 Å². The van der Waals surface area contributed by atoms with E-state index in [4.69, 9.17) is 4.74 Å². The molecule has 4 nitrogen and oxygen atoms in total. The lowest BCUT2D eigenvalue weighted by atomic mass is 10.0. The van der Waals surface area contributed by atoms with Gasteiger partial charge in [-0.1, -0.05) is 0 Å². The third kappa shape index (κ3) is 4.54. The highest BCUT2D eigenvalue weighted by molar-refractivity contribution is 5.85. The van der Waals surface area contributed by atoms with E-state index in [0.717, 1.165) is 19.3 Å². The number of ether oxygens (including phenoxy) is 1.